The molecule has 1 N–H and O–H groups in total. The van der Waals surface area contributed by atoms with Crippen LogP contribution in [0.15, 0.2) is 48.5 Å². The van der Waals surface area contributed by atoms with Gasteiger partial charge in [-0.25, -0.2) is 0 Å². The average Bonchev–Trinajstić information content (AvgIpc) is 2.65. The number of nitrogens with zero attached hydrogens (tertiary/aromatic N) is 1. The van der Waals surface area contributed by atoms with Crippen molar-refractivity contribution in [2.75, 3.05) is 6.54 Å². The molecule has 1 saturated carbocycles. The summed E-state index contributed by atoms with van der Waals surface area (Å²) in [7, 11) is 0. The largest absolute Gasteiger partial charge is 0.508 e. The highest BCUT2D eigenvalue weighted by Gasteiger charge is 2.53. The summed E-state index contributed by atoms with van der Waals surface area (Å²) >= 11 is 0. The van der Waals surface area contributed by atoms with E-state index >= 15 is 0 Å². The zero-order chi connectivity index (χ0) is 16.9. The molecule has 130 valence electrons. The highest BCUT2D eigenvalue weighted by atomic mass is 16.3. The van der Waals surface area contributed by atoms with Crippen LogP contribution in [0.2, 0.25) is 0 Å². The summed E-state index contributed by atoms with van der Waals surface area (Å²) in [5, 5.41) is 10.1. The fourth-order valence-corrected chi connectivity index (χ4v) is 6.09. The minimum atomic E-state index is 0.322. The van der Waals surface area contributed by atoms with Crippen LogP contribution >= 0.6 is 0 Å². The second-order valence-corrected chi connectivity index (χ2v) is 8.33. The quantitative estimate of drug-likeness (QED) is 0.864. The Morgan fingerprint density at radius 1 is 1.04 bits per heavy atom. The second kappa shape index (κ2) is 5.88. The Bertz CT molecular complexity index is 771. The van der Waals surface area contributed by atoms with E-state index in [1.54, 1.807) is 0 Å². The minimum Gasteiger partial charge on any atom is -0.508 e. The number of rotatable bonds is 2. The van der Waals surface area contributed by atoms with Crippen LogP contribution in [0.1, 0.15) is 48.8 Å². The molecule has 2 aromatic carbocycles. The van der Waals surface area contributed by atoms with Gasteiger partial charge in [-0.2, -0.15) is 0 Å². The second-order valence-electron chi connectivity index (χ2n) is 8.33. The van der Waals surface area contributed by atoms with E-state index < -0.39 is 0 Å². The predicted octanol–water partition coefficient (Wildman–Crippen LogP) is 4.65. The zero-order valence-corrected chi connectivity index (χ0v) is 14.8. The molecule has 5 rings (SSSR count). The van der Waals surface area contributed by atoms with Gasteiger partial charge in [-0.15, -0.1) is 0 Å². The van der Waals surface area contributed by atoms with Crippen LogP contribution in [0, 0.1) is 5.92 Å². The van der Waals surface area contributed by atoms with Crippen molar-refractivity contribution in [1.29, 1.82) is 0 Å². The van der Waals surface area contributed by atoms with Crippen molar-refractivity contribution in [1.82, 2.24) is 4.90 Å². The Hall–Kier alpha value is -1.80. The van der Waals surface area contributed by atoms with Gasteiger partial charge in [0.15, 0.2) is 0 Å². The Kier molecular flexibility index (Phi) is 3.63. The van der Waals surface area contributed by atoms with Crippen LogP contribution in [-0.2, 0) is 18.4 Å². The van der Waals surface area contributed by atoms with Crippen LogP contribution in [0.3, 0.4) is 0 Å². The summed E-state index contributed by atoms with van der Waals surface area (Å²) in [6.07, 6.45) is 7.77. The van der Waals surface area contributed by atoms with E-state index in [1.807, 2.05) is 6.07 Å². The van der Waals surface area contributed by atoms with Crippen LogP contribution in [0.5, 0.6) is 5.75 Å². The lowest BCUT2D eigenvalue weighted by Gasteiger charge is -2.59. The summed E-state index contributed by atoms with van der Waals surface area (Å²) in [6.45, 7) is 2.26. The fourth-order valence-electron chi connectivity index (χ4n) is 6.09. The van der Waals surface area contributed by atoms with Gasteiger partial charge in [-0.3, -0.25) is 4.90 Å². The van der Waals surface area contributed by atoms with Crippen LogP contribution < -0.4 is 0 Å². The van der Waals surface area contributed by atoms with Gasteiger partial charge in [-0.05, 0) is 67.0 Å². The number of phenols is 1. The molecule has 3 aliphatic rings. The first kappa shape index (κ1) is 15.5. The van der Waals surface area contributed by atoms with E-state index in [-0.39, 0.29) is 0 Å². The third-order valence-electron chi connectivity index (χ3n) is 7.16. The van der Waals surface area contributed by atoms with Gasteiger partial charge in [0.05, 0.1) is 0 Å². The SMILES string of the molecule is Oc1ccc2c(c1)[C@]13CCCC[C@@H]1[C@H](C2)N(Cc1ccccc1)CC3. The molecule has 1 aliphatic heterocycles. The van der Waals surface area contributed by atoms with Crippen LogP contribution in [0.4, 0.5) is 0 Å². The number of hydrogen-bond acceptors (Lipinski definition) is 2. The standard InChI is InChI=1S/C23H27NO/c25-19-10-9-18-14-22-20-8-4-5-11-23(20,21(18)15-19)12-13-24(22)16-17-6-2-1-3-7-17/h1-3,6-7,9-10,15,20,22,25H,4-5,8,11-14,16H2/t20-,22+,23+/m1/s1. The highest BCUT2D eigenvalue weighted by Crippen LogP contribution is 2.56. The first-order valence-electron chi connectivity index (χ1n) is 9.87. The molecule has 2 aliphatic carbocycles. The topological polar surface area (TPSA) is 23.5 Å². The Labute approximate surface area is 150 Å². The minimum absolute atomic E-state index is 0.322. The van der Waals surface area contributed by atoms with Crippen LogP contribution in [-0.4, -0.2) is 22.6 Å². The Morgan fingerprint density at radius 2 is 1.92 bits per heavy atom. The van der Waals surface area contributed by atoms with Crippen molar-refractivity contribution in [2.24, 2.45) is 5.92 Å². The van der Waals surface area contributed by atoms with Gasteiger partial charge in [0.25, 0.3) is 0 Å². The lowest BCUT2D eigenvalue weighted by Crippen LogP contribution is -2.60. The summed E-state index contributed by atoms with van der Waals surface area (Å²) in [4.78, 5) is 2.75. The molecular formula is C23H27NO. The van der Waals surface area contributed by atoms with Gasteiger partial charge in [0, 0.05) is 18.0 Å². The summed E-state index contributed by atoms with van der Waals surface area (Å²) < 4.78 is 0. The fraction of sp³-hybridized carbons (Fsp3) is 0.478. The van der Waals surface area contributed by atoms with Gasteiger partial charge in [-0.1, -0.05) is 49.2 Å². The van der Waals surface area contributed by atoms with E-state index in [2.05, 4.69) is 47.4 Å². The first-order valence-corrected chi connectivity index (χ1v) is 9.87. The van der Waals surface area contributed by atoms with Gasteiger partial charge < -0.3 is 5.11 Å². The van der Waals surface area contributed by atoms with E-state index in [0.717, 1.165) is 18.9 Å². The van der Waals surface area contributed by atoms with Crippen molar-refractivity contribution >= 4 is 0 Å². The Balaban J connectivity index is 1.54. The number of piperidine rings is 1. The molecule has 25 heavy (non-hydrogen) atoms. The van der Waals surface area contributed by atoms with Crippen molar-refractivity contribution in [3.05, 3.63) is 65.2 Å². The molecule has 2 aromatic rings. The highest BCUT2D eigenvalue weighted by molar-refractivity contribution is 5.45. The summed E-state index contributed by atoms with van der Waals surface area (Å²) in [5.41, 5.74) is 4.72. The van der Waals surface area contributed by atoms with Crippen molar-refractivity contribution in [3.63, 3.8) is 0 Å². The maximum atomic E-state index is 10.1. The maximum absolute atomic E-state index is 10.1. The molecule has 1 heterocycles. The molecule has 0 radical (unpaired) electrons. The number of aromatic hydroxyl groups is 1. The molecule has 3 atom stereocenters. The van der Waals surface area contributed by atoms with Gasteiger partial charge in [0.1, 0.15) is 5.75 Å². The zero-order valence-electron chi connectivity index (χ0n) is 14.8. The number of phenolic OH excluding ortho intramolecular Hbond substituents is 1. The normalized spacial score (nSPS) is 31.2. The van der Waals surface area contributed by atoms with Gasteiger partial charge >= 0.3 is 0 Å². The monoisotopic (exact) mass is 333 g/mol. The first-order chi connectivity index (χ1) is 12.3. The molecule has 2 fully saturated rings. The van der Waals surface area contributed by atoms with E-state index in [4.69, 9.17) is 0 Å². The van der Waals surface area contributed by atoms with Crippen LogP contribution in [0.25, 0.3) is 0 Å². The molecule has 2 bridgehead atoms. The lowest BCUT2D eigenvalue weighted by atomic mass is 9.52. The van der Waals surface area contributed by atoms with E-state index in [0.29, 0.717) is 17.2 Å². The summed E-state index contributed by atoms with van der Waals surface area (Å²) in [5.74, 6) is 1.20. The van der Waals surface area contributed by atoms with E-state index in [1.165, 1.54) is 55.3 Å². The molecule has 0 amide bonds. The molecular weight excluding hydrogens is 306 g/mol. The molecule has 1 saturated heterocycles. The summed E-state index contributed by atoms with van der Waals surface area (Å²) in [6, 6.07) is 17.8. The number of hydrogen-bond donors (Lipinski definition) is 1. The van der Waals surface area contributed by atoms with Crippen molar-refractivity contribution in [3.8, 4) is 5.75 Å². The predicted molar refractivity (Wildman–Crippen MR) is 101 cm³/mol. The van der Waals surface area contributed by atoms with Gasteiger partial charge in [0.2, 0.25) is 0 Å². The molecule has 2 nitrogen and oxygen atoms in total. The molecule has 0 spiro atoms. The maximum Gasteiger partial charge on any atom is 0.115 e. The number of fused-ring (bicyclic) bond motifs is 1. The third-order valence-corrected chi connectivity index (χ3v) is 7.16. The smallest absolute Gasteiger partial charge is 0.115 e. The Morgan fingerprint density at radius 3 is 2.80 bits per heavy atom. The number of likely N-dealkylation sites (tertiary alicyclic amines) is 1. The van der Waals surface area contributed by atoms with Crippen molar-refractivity contribution < 1.29 is 5.11 Å². The molecule has 0 aromatic heterocycles. The lowest BCUT2D eigenvalue weighted by molar-refractivity contribution is -0.0157. The average molecular weight is 333 g/mol. The third kappa shape index (κ3) is 2.42. The van der Waals surface area contributed by atoms with Crippen molar-refractivity contribution in [2.45, 2.75) is 56.5 Å². The molecule has 0 unspecified atom stereocenters. The number of benzene rings is 2. The van der Waals surface area contributed by atoms with E-state index in [9.17, 15) is 5.11 Å². The molecule has 2 heteroatoms.